The summed E-state index contributed by atoms with van der Waals surface area (Å²) in [5.41, 5.74) is 0.0353. The third kappa shape index (κ3) is 3.54. The van der Waals surface area contributed by atoms with Crippen molar-refractivity contribution in [3.63, 3.8) is 0 Å². The third-order valence-corrected chi connectivity index (χ3v) is 4.22. The number of anilines is 1. The summed E-state index contributed by atoms with van der Waals surface area (Å²) in [6.45, 7) is 0. The highest BCUT2D eigenvalue weighted by Crippen LogP contribution is 2.36. The van der Waals surface area contributed by atoms with Gasteiger partial charge in [0.05, 0.1) is 24.9 Å². The molecule has 2 aromatic rings. The van der Waals surface area contributed by atoms with Crippen LogP contribution in [0.4, 0.5) is 14.9 Å². The van der Waals surface area contributed by atoms with E-state index in [1.807, 2.05) is 0 Å². The van der Waals surface area contributed by atoms with E-state index >= 15 is 0 Å². The fraction of sp³-hybridized carbons (Fsp3) is 0.105. The van der Waals surface area contributed by atoms with E-state index in [1.165, 1.54) is 50.6 Å². The molecule has 3 rings (SSSR count). The van der Waals surface area contributed by atoms with Crippen LogP contribution in [0.5, 0.6) is 11.5 Å². The molecule has 4 amide bonds. The lowest BCUT2D eigenvalue weighted by molar-refractivity contribution is -0.122. The molecule has 1 aliphatic rings. The molecule has 28 heavy (non-hydrogen) atoms. The van der Waals surface area contributed by atoms with E-state index < -0.39 is 23.7 Å². The topological polar surface area (TPSA) is 84.9 Å². The van der Waals surface area contributed by atoms with Crippen LogP contribution < -0.4 is 19.7 Å². The van der Waals surface area contributed by atoms with Gasteiger partial charge in [-0.2, -0.15) is 0 Å². The molecule has 1 aliphatic heterocycles. The summed E-state index contributed by atoms with van der Waals surface area (Å²) >= 11 is 6.14. The minimum Gasteiger partial charge on any atom is -0.493 e. The Morgan fingerprint density at radius 1 is 1.11 bits per heavy atom. The maximum absolute atomic E-state index is 13.5. The molecular weight excluding hydrogens is 391 g/mol. The lowest BCUT2D eigenvalue weighted by atomic mass is 10.1. The van der Waals surface area contributed by atoms with Gasteiger partial charge in [-0.1, -0.05) is 17.7 Å². The number of methoxy groups -OCH3 is 2. The Hall–Kier alpha value is -3.39. The van der Waals surface area contributed by atoms with Gasteiger partial charge in [0.1, 0.15) is 11.4 Å². The lowest BCUT2D eigenvalue weighted by Gasteiger charge is -2.26. The SMILES string of the molecule is COc1cc(/C=C2\C(=O)NC(=O)N(c3cccc(F)c3)C2=O)cc(Cl)c1OC. The summed E-state index contributed by atoms with van der Waals surface area (Å²) in [6, 6.07) is 6.92. The minimum atomic E-state index is -0.969. The molecule has 9 heteroatoms. The van der Waals surface area contributed by atoms with E-state index in [0.717, 1.165) is 6.07 Å². The monoisotopic (exact) mass is 404 g/mol. The average Bonchev–Trinajstić information content (AvgIpc) is 2.64. The highest BCUT2D eigenvalue weighted by Gasteiger charge is 2.37. The summed E-state index contributed by atoms with van der Waals surface area (Å²) < 4.78 is 23.8. The standard InChI is InChI=1S/C19H14ClFN2O5/c1-27-15-8-10(7-14(20)16(15)28-2)6-13-17(24)22-19(26)23(18(13)25)12-5-3-4-11(21)9-12/h3-9H,1-2H3,(H,22,24,26)/b13-6+. The van der Waals surface area contributed by atoms with Gasteiger partial charge in [0.25, 0.3) is 11.8 Å². The normalized spacial score (nSPS) is 15.6. The molecule has 1 fully saturated rings. The molecule has 0 saturated carbocycles. The number of hydrogen-bond donors (Lipinski definition) is 1. The summed E-state index contributed by atoms with van der Waals surface area (Å²) in [5.74, 6) is -1.82. The Kier molecular flexibility index (Phi) is 5.32. The molecule has 0 radical (unpaired) electrons. The number of halogens is 2. The third-order valence-electron chi connectivity index (χ3n) is 3.93. The molecule has 2 aromatic carbocycles. The molecule has 0 aliphatic carbocycles. The van der Waals surface area contributed by atoms with Gasteiger partial charge in [-0.05, 0) is 42.0 Å². The Labute approximate surface area is 164 Å². The van der Waals surface area contributed by atoms with Crippen LogP contribution in [0.15, 0.2) is 42.0 Å². The van der Waals surface area contributed by atoms with E-state index in [2.05, 4.69) is 5.32 Å². The van der Waals surface area contributed by atoms with Crippen LogP contribution in [0.25, 0.3) is 6.08 Å². The largest absolute Gasteiger partial charge is 0.493 e. The van der Waals surface area contributed by atoms with E-state index in [-0.39, 0.29) is 16.3 Å². The smallest absolute Gasteiger partial charge is 0.335 e. The zero-order chi connectivity index (χ0) is 20.4. The van der Waals surface area contributed by atoms with Crippen molar-refractivity contribution < 1.29 is 28.2 Å². The number of carbonyl (C=O) groups is 3. The highest BCUT2D eigenvalue weighted by molar-refractivity contribution is 6.39. The van der Waals surface area contributed by atoms with Crippen LogP contribution in [-0.4, -0.2) is 32.1 Å². The van der Waals surface area contributed by atoms with Crippen molar-refractivity contribution in [2.75, 3.05) is 19.1 Å². The zero-order valence-corrected chi connectivity index (χ0v) is 15.5. The van der Waals surface area contributed by atoms with Gasteiger partial charge in [0.15, 0.2) is 11.5 Å². The number of rotatable bonds is 4. The molecule has 1 N–H and O–H groups in total. The molecule has 0 unspecified atom stereocenters. The van der Waals surface area contributed by atoms with Crippen molar-refractivity contribution in [2.24, 2.45) is 0 Å². The Bertz CT molecular complexity index is 1020. The Morgan fingerprint density at radius 2 is 1.86 bits per heavy atom. The van der Waals surface area contributed by atoms with Gasteiger partial charge in [-0.3, -0.25) is 14.9 Å². The van der Waals surface area contributed by atoms with Gasteiger partial charge in [0.2, 0.25) is 0 Å². The molecule has 144 valence electrons. The number of benzene rings is 2. The average molecular weight is 405 g/mol. The number of imide groups is 2. The number of nitrogens with one attached hydrogen (secondary N) is 1. The second-order valence-electron chi connectivity index (χ2n) is 5.68. The number of urea groups is 1. The van der Waals surface area contributed by atoms with Gasteiger partial charge in [0, 0.05) is 0 Å². The summed E-state index contributed by atoms with van der Waals surface area (Å²) in [7, 11) is 2.83. The number of barbiturate groups is 1. The minimum absolute atomic E-state index is 0.00811. The predicted molar refractivity (Wildman–Crippen MR) is 100.0 cm³/mol. The number of amides is 4. The van der Waals surface area contributed by atoms with E-state index in [4.69, 9.17) is 21.1 Å². The molecule has 7 nitrogen and oxygen atoms in total. The van der Waals surface area contributed by atoms with Crippen molar-refractivity contribution in [3.8, 4) is 11.5 Å². The molecule has 0 atom stereocenters. The predicted octanol–water partition coefficient (Wildman–Crippen LogP) is 3.16. The number of ether oxygens (including phenoxy) is 2. The van der Waals surface area contributed by atoms with Crippen molar-refractivity contribution in [1.82, 2.24) is 5.32 Å². The number of carbonyl (C=O) groups excluding carboxylic acids is 3. The maximum Gasteiger partial charge on any atom is 0.335 e. The molecule has 0 aromatic heterocycles. The van der Waals surface area contributed by atoms with Crippen LogP contribution in [0.2, 0.25) is 5.02 Å². The highest BCUT2D eigenvalue weighted by atomic mass is 35.5. The van der Waals surface area contributed by atoms with Crippen LogP contribution in [0.1, 0.15) is 5.56 Å². The van der Waals surface area contributed by atoms with Crippen molar-refractivity contribution >= 4 is 41.2 Å². The van der Waals surface area contributed by atoms with Crippen LogP contribution >= 0.6 is 11.6 Å². The fourth-order valence-corrected chi connectivity index (χ4v) is 2.99. The van der Waals surface area contributed by atoms with Crippen LogP contribution in [0, 0.1) is 5.82 Å². The van der Waals surface area contributed by atoms with Gasteiger partial charge in [-0.25, -0.2) is 14.1 Å². The van der Waals surface area contributed by atoms with E-state index in [0.29, 0.717) is 22.0 Å². The van der Waals surface area contributed by atoms with E-state index in [9.17, 15) is 18.8 Å². The summed E-state index contributed by atoms with van der Waals surface area (Å²) in [5, 5.41) is 2.27. The van der Waals surface area contributed by atoms with Gasteiger partial charge >= 0.3 is 6.03 Å². The Balaban J connectivity index is 2.06. The molecular formula is C19H14ClFN2O5. The lowest BCUT2D eigenvalue weighted by Crippen LogP contribution is -2.54. The molecule has 1 heterocycles. The van der Waals surface area contributed by atoms with Gasteiger partial charge in [-0.15, -0.1) is 0 Å². The first kappa shape index (κ1) is 19.4. The van der Waals surface area contributed by atoms with Crippen molar-refractivity contribution in [3.05, 3.63) is 58.4 Å². The molecule has 1 saturated heterocycles. The molecule has 0 bridgehead atoms. The maximum atomic E-state index is 13.5. The summed E-state index contributed by atoms with van der Waals surface area (Å²) in [4.78, 5) is 37.8. The van der Waals surface area contributed by atoms with Crippen molar-refractivity contribution in [2.45, 2.75) is 0 Å². The van der Waals surface area contributed by atoms with Crippen molar-refractivity contribution in [1.29, 1.82) is 0 Å². The first-order chi connectivity index (χ1) is 13.3. The van der Waals surface area contributed by atoms with Gasteiger partial charge < -0.3 is 9.47 Å². The van der Waals surface area contributed by atoms with Crippen LogP contribution in [0.3, 0.4) is 0 Å². The molecule has 0 spiro atoms. The fourth-order valence-electron chi connectivity index (χ4n) is 2.70. The Morgan fingerprint density at radius 3 is 2.50 bits per heavy atom. The quantitative estimate of drug-likeness (QED) is 0.625. The number of hydrogen-bond acceptors (Lipinski definition) is 5. The first-order valence-corrected chi connectivity index (χ1v) is 8.32. The summed E-state index contributed by atoms with van der Waals surface area (Å²) in [6.07, 6.45) is 1.25. The zero-order valence-electron chi connectivity index (χ0n) is 14.8. The second-order valence-corrected chi connectivity index (χ2v) is 6.08. The van der Waals surface area contributed by atoms with Crippen LogP contribution in [-0.2, 0) is 9.59 Å². The van der Waals surface area contributed by atoms with E-state index in [1.54, 1.807) is 0 Å². The first-order valence-electron chi connectivity index (χ1n) is 7.94. The number of nitrogens with zero attached hydrogens (tertiary/aromatic N) is 1. The second kappa shape index (κ2) is 7.69.